The lowest BCUT2D eigenvalue weighted by Crippen LogP contribution is -2.31. The van der Waals surface area contributed by atoms with Crippen LogP contribution in [0.2, 0.25) is 0 Å². The van der Waals surface area contributed by atoms with Crippen LogP contribution in [0.1, 0.15) is 11.1 Å². The Morgan fingerprint density at radius 2 is 2.13 bits per heavy atom. The van der Waals surface area contributed by atoms with Gasteiger partial charge in [0.15, 0.2) is 0 Å². The summed E-state index contributed by atoms with van der Waals surface area (Å²) >= 11 is 0. The van der Waals surface area contributed by atoms with Gasteiger partial charge in [-0.3, -0.25) is 4.79 Å². The summed E-state index contributed by atoms with van der Waals surface area (Å²) in [5.74, 6) is -1.43. The molecular formula is C16H19FN2O4. The highest BCUT2D eigenvalue weighted by Gasteiger charge is 2.34. The molecule has 7 heteroatoms. The zero-order valence-electron chi connectivity index (χ0n) is 13.3. The standard InChI is InChI=1S/C16H19FN2O4/c1-9-4-5-12(10(2)13(9)17)18-14-11(16(22)23-3)8-19(6-7-20)15(14)21/h4-5,18,20H,6-8H2,1-3H3. The van der Waals surface area contributed by atoms with Gasteiger partial charge in [0.05, 0.1) is 25.8 Å². The van der Waals surface area contributed by atoms with E-state index in [0.717, 1.165) is 0 Å². The highest BCUT2D eigenvalue weighted by Crippen LogP contribution is 2.26. The summed E-state index contributed by atoms with van der Waals surface area (Å²) in [6.45, 7) is 3.17. The molecule has 124 valence electrons. The Morgan fingerprint density at radius 1 is 1.43 bits per heavy atom. The van der Waals surface area contributed by atoms with Crippen molar-refractivity contribution in [3.8, 4) is 0 Å². The van der Waals surface area contributed by atoms with Gasteiger partial charge in [-0.05, 0) is 25.5 Å². The largest absolute Gasteiger partial charge is 0.466 e. The summed E-state index contributed by atoms with van der Waals surface area (Å²) in [5.41, 5.74) is 1.47. The van der Waals surface area contributed by atoms with Gasteiger partial charge in [-0.15, -0.1) is 0 Å². The number of esters is 1. The number of amides is 1. The topological polar surface area (TPSA) is 78.9 Å². The van der Waals surface area contributed by atoms with Crippen molar-refractivity contribution in [3.05, 3.63) is 40.3 Å². The first kappa shape index (κ1) is 17.0. The van der Waals surface area contributed by atoms with Crippen molar-refractivity contribution in [2.24, 2.45) is 0 Å². The molecule has 0 saturated heterocycles. The predicted octanol–water partition coefficient (Wildman–Crippen LogP) is 1.12. The molecule has 0 unspecified atom stereocenters. The fraction of sp³-hybridized carbons (Fsp3) is 0.375. The number of nitrogens with one attached hydrogen (secondary N) is 1. The monoisotopic (exact) mass is 322 g/mol. The van der Waals surface area contributed by atoms with E-state index in [1.807, 2.05) is 0 Å². The molecule has 1 aliphatic heterocycles. The molecule has 2 rings (SSSR count). The van der Waals surface area contributed by atoms with E-state index in [-0.39, 0.29) is 36.8 Å². The number of aliphatic hydroxyl groups is 1. The first-order valence-electron chi connectivity index (χ1n) is 7.15. The highest BCUT2D eigenvalue weighted by molar-refractivity contribution is 6.08. The van der Waals surface area contributed by atoms with E-state index in [9.17, 15) is 14.0 Å². The molecule has 0 atom stereocenters. The maximum Gasteiger partial charge on any atom is 0.337 e. The molecule has 0 spiro atoms. The Morgan fingerprint density at radius 3 is 2.74 bits per heavy atom. The van der Waals surface area contributed by atoms with Crippen LogP contribution in [0, 0.1) is 19.7 Å². The third kappa shape index (κ3) is 3.19. The zero-order chi connectivity index (χ0) is 17.1. The third-order valence-corrected chi connectivity index (χ3v) is 3.79. The van der Waals surface area contributed by atoms with Gasteiger partial charge in [-0.1, -0.05) is 6.07 Å². The number of hydrogen-bond donors (Lipinski definition) is 2. The smallest absolute Gasteiger partial charge is 0.337 e. The van der Waals surface area contributed by atoms with Crippen LogP contribution >= 0.6 is 0 Å². The number of halogens is 1. The van der Waals surface area contributed by atoms with Gasteiger partial charge >= 0.3 is 5.97 Å². The van der Waals surface area contributed by atoms with Gasteiger partial charge in [-0.25, -0.2) is 9.18 Å². The number of hydrogen-bond acceptors (Lipinski definition) is 5. The minimum Gasteiger partial charge on any atom is -0.466 e. The summed E-state index contributed by atoms with van der Waals surface area (Å²) in [4.78, 5) is 25.6. The van der Waals surface area contributed by atoms with Crippen molar-refractivity contribution in [2.75, 3.05) is 32.1 Å². The number of rotatable bonds is 5. The van der Waals surface area contributed by atoms with Crippen molar-refractivity contribution < 1.29 is 23.8 Å². The van der Waals surface area contributed by atoms with Gasteiger partial charge < -0.3 is 20.1 Å². The van der Waals surface area contributed by atoms with Crippen LogP contribution < -0.4 is 5.32 Å². The average Bonchev–Trinajstić information content (AvgIpc) is 2.84. The van der Waals surface area contributed by atoms with Crippen molar-refractivity contribution in [1.82, 2.24) is 4.90 Å². The van der Waals surface area contributed by atoms with E-state index in [4.69, 9.17) is 9.84 Å². The summed E-state index contributed by atoms with van der Waals surface area (Å²) in [6.07, 6.45) is 0. The summed E-state index contributed by atoms with van der Waals surface area (Å²) < 4.78 is 18.7. The molecule has 2 N–H and O–H groups in total. The molecule has 0 bridgehead atoms. The number of aryl methyl sites for hydroxylation is 1. The van der Waals surface area contributed by atoms with Crippen LogP contribution in [-0.4, -0.2) is 48.7 Å². The van der Waals surface area contributed by atoms with E-state index >= 15 is 0 Å². The SMILES string of the molecule is COC(=O)C1=C(Nc2ccc(C)c(F)c2C)C(=O)N(CCO)C1. The van der Waals surface area contributed by atoms with E-state index in [0.29, 0.717) is 16.8 Å². The second-order valence-electron chi connectivity index (χ2n) is 5.29. The van der Waals surface area contributed by atoms with Gasteiger partial charge in [0, 0.05) is 17.8 Å². The second-order valence-corrected chi connectivity index (χ2v) is 5.29. The van der Waals surface area contributed by atoms with Crippen LogP contribution in [-0.2, 0) is 14.3 Å². The van der Waals surface area contributed by atoms with E-state index in [1.165, 1.54) is 12.0 Å². The number of nitrogens with zero attached hydrogens (tertiary/aromatic N) is 1. The Balaban J connectivity index is 2.39. The molecular weight excluding hydrogens is 303 g/mol. The fourth-order valence-electron chi connectivity index (χ4n) is 2.44. The number of benzene rings is 1. The lowest BCUT2D eigenvalue weighted by molar-refractivity contribution is -0.136. The van der Waals surface area contributed by atoms with Crippen molar-refractivity contribution in [2.45, 2.75) is 13.8 Å². The van der Waals surface area contributed by atoms with Gasteiger partial charge in [0.1, 0.15) is 11.5 Å². The molecule has 0 fully saturated rings. The van der Waals surface area contributed by atoms with E-state index in [1.54, 1.807) is 26.0 Å². The average molecular weight is 322 g/mol. The lowest BCUT2D eigenvalue weighted by atomic mass is 10.1. The number of aliphatic hydroxyl groups excluding tert-OH is 1. The summed E-state index contributed by atoms with van der Waals surface area (Å²) in [6, 6.07) is 3.24. The number of methoxy groups -OCH3 is 1. The maximum atomic E-state index is 14.0. The molecule has 1 aliphatic rings. The van der Waals surface area contributed by atoms with Crippen LogP contribution in [0.3, 0.4) is 0 Å². The molecule has 1 heterocycles. The number of carbonyl (C=O) groups is 2. The van der Waals surface area contributed by atoms with Crippen molar-refractivity contribution in [1.29, 1.82) is 0 Å². The van der Waals surface area contributed by atoms with Crippen LogP contribution in [0.25, 0.3) is 0 Å². The second kappa shape index (κ2) is 6.78. The van der Waals surface area contributed by atoms with Crippen LogP contribution in [0.5, 0.6) is 0 Å². The summed E-state index contributed by atoms with van der Waals surface area (Å²) in [5, 5.41) is 11.9. The normalized spacial score (nSPS) is 14.5. The molecule has 1 amide bonds. The quantitative estimate of drug-likeness (QED) is 0.794. The summed E-state index contributed by atoms with van der Waals surface area (Å²) in [7, 11) is 1.23. The Kier molecular flexibility index (Phi) is 5.00. The lowest BCUT2D eigenvalue weighted by Gasteiger charge is -2.16. The Hall–Kier alpha value is -2.41. The number of ether oxygens (including phenoxy) is 1. The molecule has 0 aromatic heterocycles. The van der Waals surface area contributed by atoms with Crippen LogP contribution in [0.15, 0.2) is 23.4 Å². The first-order chi connectivity index (χ1) is 10.9. The molecule has 23 heavy (non-hydrogen) atoms. The predicted molar refractivity (Wildman–Crippen MR) is 82.2 cm³/mol. The third-order valence-electron chi connectivity index (χ3n) is 3.79. The highest BCUT2D eigenvalue weighted by atomic mass is 19.1. The minimum absolute atomic E-state index is 0.0434. The van der Waals surface area contributed by atoms with Gasteiger partial charge in [0.25, 0.3) is 5.91 Å². The Bertz CT molecular complexity index is 685. The zero-order valence-corrected chi connectivity index (χ0v) is 13.3. The maximum absolute atomic E-state index is 14.0. The molecule has 0 saturated carbocycles. The van der Waals surface area contributed by atoms with Gasteiger partial charge in [-0.2, -0.15) is 0 Å². The molecule has 0 aliphatic carbocycles. The number of β-amino-alcohol motifs (C(OH)–C–C–N with tert-alkyl or cyclic N) is 1. The van der Waals surface area contributed by atoms with Gasteiger partial charge in [0.2, 0.25) is 0 Å². The minimum atomic E-state index is -0.633. The van der Waals surface area contributed by atoms with E-state index in [2.05, 4.69) is 5.32 Å². The molecule has 1 aromatic rings. The number of anilines is 1. The van der Waals surface area contributed by atoms with Crippen LogP contribution in [0.4, 0.5) is 10.1 Å². The molecule has 0 radical (unpaired) electrons. The molecule has 6 nitrogen and oxygen atoms in total. The first-order valence-corrected chi connectivity index (χ1v) is 7.15. The van der Waals surface area contributed by atoms with Crippen molar-refractivity contribution in [3.63, 3.8) is 0 Å². The fourth-order valence-corrected chi connectivity index (χ4v) is 2.44. The Labute approximate surface area is 133 Å². The number of carbonyl (C=O) groups excluding carboxylic acids is 2. The molecule has 1 aromatic carbocycles. The van der Waals surface area contributed by atoms with E-state index < -0.39 is 11.9 Å². The van der Waals surface area contributed by atoms with Crippen molar-refractivity contribution >= 4 is 17.6 Å².